The number of carbonyl (C=O) groups excluding carboxylic acids is 2. The summed E-state index contributed by atoms with van der Waals surface area (Å²) < 4.78 is 0. The fraction of sp³-hybridized carbons (Fsp3) is 0.318. The lowest BCUT2D eigenvalue weighted by molar-refractivity contribution is -0.141. The van der Waals surface area contributed by atoms with Crippen molar-refractivity contribution >= 4 is 11.8 Å². The molecule has 0 saturated carbocycles. The Kier molecular flexibility index (Phi) is 5.00. The van der Waals surface area contributed by atoms with Gasteiger partial charge >= 0.3 is 0 Å². The summed E-state index contributed by atoms with van der Waals surface area (Å²) in [5.41, 5.74) is 2.24. The third-order valence-corrected chi connectivity index (χ3v) is 5.27. The summed E-state index contributed by atoms with van der Waals surface area (Å²) in [7, 11) is 0. The number of carbonyl (C=O) groups is 2. The predicted octanol–water partition coefficient (Wildman–Crippen LogP) is 2.59. The van der Waals surface area contributed by atoms with Gasteiger partial charge in [0.15, 0.2) is 0 Å². The number of hydrogen-bond acceptors (Lipinski definition) is 3. The molecular formula is C22H23N3O2. The van der Waals surface area contributed by atoms with Crippen molar-refractivity contribution in [1.82, 2.24) is 10.6 Å². The summed E-state index contributed by atoms with van der Waals surface area (Å²) >= 11 is 0. The fourth-order valence-corrected chi connectivity index (χ4v) is 3.80. The van der Waals surface area contributed by atoms with Crippen molar-refractivity contribution in [3.63, 3.8) is 0 Å². The van der Waals surface area contributed by atoms with E-state index < -0.39 is 11.6 Å². The van der Waals surface area contributed by atoms with Crippen LogP contribution in [0.15, 0.2) is 48.5 Å². The van der Waals surface area contributed by atoms with Crippen molar-refractivity contribution in [1.29, 1.82) is 5.26 Å². The van der Waals surface area contributed by atoms with Crippen LogP contribution in [0.5, 0.6) is 0 Å². The highest BCUT2D eigenvalue weighted by molar-refractivity contribution is 6.00. The standard InChI is InChI=1S/C22H23N3O2/c1-14-8-7-11-17(13-23)18(14)15(2)19-20(26)25-22(3,21(27)24-19)12-16-9-5-4-6-10-16/h4-11,15,19H,12H2,1-3H3,(H,24,27)(H,25,26). The van der Waals surface area contributed by atoms with Gasteiger partial charge in [0.05, 0.1) is 11.6 Å². The van der Waals surface area contributed by atoms with Crippen LogP contribution in [-0.4, -0.2) is 23.4 Å². The van der Waals surface area contributed by atoms with Crippen molar-refractivity contribution in [2.45, 2.75) is 44.7 Å². The van der Waals surface area contributed by atoms with E-state index in [9.17, 15) is 14.9 Å². The molecule has 138 valence electrons. The van der Waals surface area contributed by atoms with E-state index in [1.165, 1.54) is 0 Å². The maximum Gasteiger partial charge on any atom is 0.246 e. The molecule has 1 heterocycles. The van der Waals surface area contributed by atoms with Crippen LogP contribution in [0.2, 0.25) is 0 Å². The molecule has 0 aliphatic carbocycles. The SMILES string of the molecule is Cc1cccc(C#N)c1C(C)C1NC(=O)C(C)(Cc2ccccc2)NC1=O. The molecule has 1 aliphatic heterocycles. The molecule has 1 saturated heterocycles. The number of hydrogen-bond donors (Lipinski definition) is 2. The monoisotopic (exact) mass is 361 g/mol. The Hall–Kier alpha value is -3.13. The Morgan fingerprint density at radius 2 is 1.85 bits per heavy atom. The minimum Gasteiger partial charge on any atom is -0.342 e. The normalized spacial score (nSPS) is 23.1. The molecule has 0 bridgehead atoms. The molecule has 27 heavy (non-hydrogen) atoms. The second-order valence-electron chi connectivity index (χ2n) is 7.37. The molecule has 1 aliphatic rings. The van der Waals surface area contributed by atoms with Crippen LogP contribution in [0.1, 0.15) is 42.0 Å². The number of benzene rings is 2. The average Bonchev–Trinajstić information content (AvgIpc) is 2.64. The number of aryl methyl sites for hydroxylation is 1. The van der Waals surface area contributed by atoms with E-state index in [4.69, 9.17) is 0 Å². The summed E-state index contributed by atoms with van der Waals surface area (Å²) in [6.45, 7) is 5.52. The third-order valence-electron chi connectivity index (χ3n) is 5.27. The number of amides is 2. The quantitative estimate of drug-likeness (QED) is 0.878. The first-order chi connectivity index (χ1) is 12.9. The largest absolute Gasteiger partial charge is 0.342 e. The van der Waals surface area contributed by atoms with Gasteiger partial charge in [-0.05, 0) is 36.6 Å². The van der Waals surface area contributed by atoms with Crippen molar-refractivity contribution in [3.8, 4) is 6.07 Å². The molecule has 1 fully saturated rings. The second kappa shape index (κ2) is 7.24. The van der Waals surface area contributed by atoms with Gasteiger partial charge in [0.25, 0.3) is 0 Å². The summed E-state index contributed by atoms with van der Waals surface area (Å²) in [5.74, 6) is -0.756. The van der Waals surface area contributed by atoms with Crippen LogP contribution in [0.3, 0.4) is 0 Å². The minimum atomic E-state index is -1.00. The summed E-state index contributed by atoms with van der Waals surface area (Å²) in [4.78, 5) is 25.7. The van der Waals surface area contributed by atoms with Crippen LogP contribution in [0, 0.1) is 18.3 Å². The number of rotatable bonds is 4. The van der Waals surface area contributed by atoms with Crippen molar-refractivity contribution in [2.75, 3.05) is 0 Å². The molecule has 0 radical (unpaired) electrons. The maximum absolute atomic E-state index is 12.9. The molecule has 2 aromatic rings. The van der Waals surface area contributed by atoms with Gasteiger partial charge in [-0.3, -0.25) is 9.59 Å². The van der Waals surface area contributed by atoms with Crippen molar-refractivity contribution < 1.29 is 9.59 Å². The molecular weight excluding hydrogens is 338 g/mol. The molecule has 2 N–H and O–H groups in total. The van der Waals surface area contributed by atoms with Gasteiger partial charge in [-0.1, -0.05) is 49.4 Å². The smallest absolute Gasteiger partial charge is 0.246 e. The molecule has 0 aromatic heterocycles. The number of nitriles is 1. The van der Waals surface area contributed by atoms with E-state index in [1.807, 2.05) is 56.3 Å². The van der Waals surface area contributed by atoms with Gasteiger partial charge in [-0.25, -0.2) is 0 Å². The predicted molar refractivity (Wildman–Crippen MR) is 103 cm³/mol. The van der Waals surface area contributed by atoms with Gasteiger partial charge in [-0.15, -0.1) is 0 Å². The average molecular weight is 361 g/mol. The molecule has 3 rings (SSSR count). The van der Waals surface area contributed by atoms with Crippen LogP contribution >= 0.6 is 0 Å². The zero-order chi connectivity index (χ0) is 19.6. The van der Waals surface area contributed by atoms with E-state index in [0.29, 0.717) is 12.0 Å². The van der Waals surface area contributed by atoms with E-state index in [2.05, 4.69) is 16.7 Å². The highest BCUT2D eigenvalue weighted by Crippen LogP contribution is 2.29. The van der Waals surface area contributed by atoms with E-state index in [0.717, 1.165) is 16.7 Å². The third kappa shape index (κ3) is 3.56. The topological polar surface area (TPSA) is 82.0 Å². The number of piperazine rings is 1. The van der Waals surface area contributed by atoms with Gasteiger partial charge < -0.3 is 10.6 Å². The highest BCUT2D eigenvalue weighted by atomic mass is 16.2. The first kappa shape index (κ1) is 18.7. The van der Waals surface area contributed by atoms with E-state index in [1.54, 1.807) is 13.0 Å². The summed E-state index contributed by atoms with van der Waals surface area (Å²) in [5, 5.41) is 15.2. The summed E-state index contributed by atoms with van der Waals surface area (Å²) in [6.07, 6.45) is 0.417. The van der Waals surface area contributed by atoms with Crippen LogP contribution in [-0.2, 0) is 16.0 Å². The highest BCUT2D eigenvalue weighted by Gasteiger charge is 2.45. The molecule has 5 heteroatoms. The Morgan fingerprint density at radius 3 is 2.52 bits per heavy atom. The van der Waals surface area contributed by atoms with Crippen LogP contribution in [0.4, 0.5) is 0 Å². The lowest BCUT2D eigenvalue weighted by atomic mass is 9.82. The fourth-order valence-electron chi connectivity index (χ4n) is 3.80. The first-order valence-corrected chi connectivity index (χ1v) is 9.02. The zero-order valence-electron chi connectivity index (χ0n) is 15.7. The molecule has 5 nitrogen and oxygen atoms in total. The molecule has 2 aromatic carbocycles. The van der Waals surface area contributed by atoms with Crippen LogP contribution in [0.25, 0.3) is 0 Å². The second-order valence-corrected chi connectivity index (χ2v) is 7.37. The summed E-state index contributed by atoms with van der Waals surface area (Å²) in [6, 6.07) is 16.6. The maximum atomic E-state index is 12.9. The Morgan fingerprint density at radius 1 is 1.15 bits per heavy atom. The number of nitrogens with one attached hydrogen (secondary N) is 2. The Bertz CT molecular complexity index is 917. The molecule has 3 atom stereocenters. The van der Waals surface area contributed by atoms with Gasteiger partial charge in [-0.2, -0.15) is 5.26 Å². The van der Waals surface area contributed by atoms with Crippen LogP contribution < -0.4 is 10.6 Å². The van der Waals surface area contributed by atoms with Crippen molar-refractivity contribution in [3.05, 3.63) is 70.8 Å². The minimum absolute atomic E-state index is 0.213. The first-order valence-electron chi connectivity index (χ1n) is 9.02. The zero-order valence-corrected chi connectivity index (χ0v) is 15.7. The van der Waals surface area contributed by atoms with E-state index >= 15 is 0 Å². The van der Waals surface area contributed by atoms with E-state index in [-0.39, 0.29) is 17.7 Å². The lowest BCUT2D eigenvalue weighted by Crippen LogP contribution is -2.69. The lowest BCUT2D eigenvalue weighted by Gasteiger charge is -2.39. The molecule has 0 spiro atoms. The Balaban J connectivity index is 1.85. The Labute approximate surface area is 159 Å². The van der Waals surface area contributed by atoms with Crippen molar-refractivity contribution in [2.24, 2.45) is 0 Å². The molecule has 2 amide bonds. The van der Waals surface area contributed by atoms with Gasteiger partial charge in [0, 0.05) is 12.3 Å². The number of nitrogens with zero attached hydrogens (tertiary/aromatic N) is 1. The molecule has 3 unspecified atom stereocenters. The van der Waals surface area contributed by atoms with Gasteiger partial charge in [0.2, 0.25) is 11.8 Å². The van der Waals surface area contributed by atoms with Gasteiger partial charge in [0.1, 0.15) is 11.6 Å².